The van der Waals surface area contributed by atoms with Gasteiger partial charge in [0, 0.05) is 17.4 Å². The molecule has 0 aliphatic carbocycles. The van der Waals surface area contributed by atoms with Gasteiger partial charge in [0.2, 0.25) is 0 Å². The van der Waals surface area contributed by atoms with Crippen molar-refractivity contribution >= 4 is 23.4 Å². The summed E-state index contributed by atoms with van der Waals surface area (Å²) < 4.78 is 10.5. The van der Waals surface area contributed by atoms with Crippen molar-refractivity contribution < 1.29 is 19.1 Å². The maximum atomic E-state index is 12.2. The lowest BCUT2D eigenvalue weighted by atomic mass is 10.2. The molecule has 0 fully saturated rings. The average Bonchev–Trinajstić information content (AvgIpc) is 2.57. The number of anilines is 2. The third-order valence-corrected chi connectivity index (χ3v) is 3.36. The number of hydrogen-bond donors (Lipinski definition) is 2. The largest absolute Gasteiger partial charge is 0.481 e. The number of rotatable bonds is 6. The molecule has 0 spiro atoms. The van der Waals surface area contributed by atoms with Gasteiger partial charge in [0.15, 0.2) is 6.10 Å². The summed E-state index contributed by atoms with van der Waals surface area (Å²) in [6, 6.07) is 14.3. The summed E-state index contributed by atoms with van der Waals surface area (Å²) in [5, 5.41) is 5.39. The van der Waals surface area contributed by atoms with Gasteiger partial charge in [0.05, 0.1) is 6.61 Å². The van der Waals surface area contributed by atoms with Crippen molar-refractivity contribution in [2.45, 2.75) is 26.9 Å². The first-order chi connectivity index (χ1) is 12.0. The molecule has 6 heteroatoms. The highest BCUT2D eigenvalue weighted by atomic mass is 16.5. The molecule has 0 radical (unpaired) electrons. The second-order valence-electron chi connectivity index (χ2n) is 5.49. The maximum Gasteiger partial charge on any atom is 0.411 e. The fourth-order valence-corrected chi connectivity index (χ4v) is 2.07. The molecule has 2 rings (SSSR count). The summed E-state index contributed by atoms with van der Waals surface area (Å²) >= 11 is 0. The van der Waals surface area contributed by atoms with Crippen LogP contribution in [-0.2, 0) is 9.53 Å². The lowest BCUT2D eigenvalue weighted by Gasteiger charge is -2.15. The van der Waals surface area contributed by atoms with Gasteiger partial charge in [-0.15, -0.1) is 0 Å². The Morgan fingerprint density at radius 2 is 1.76 bits per heavy atom. The normalized spacial score (nSPS) is 11.3. The lowest BCUT2D eigenvalue weighted by molar-refractivity contribution is -0.122. The van der Waals surface area contributed by atoms with Crippen molar-refractivity contribution in [1.82, 2.24) is 0 Å². The van der Waals surface area contributed by atoms with Crippen LogP contribution in [0.3, 0.4) is 0 Å². The second kappa shape index (κ2) is 8.73. The highest BCUT2D eigenvalue weighted by molar-refractivity contribution is 5.94. The number of carbonyl (C=O) groups is 2. The molecule has 0 saturated carbocycles. The molecule has 0 heterocycles. The first-order valence-corrected chi connectivity index (χ1v) is 8.06. The Labute approximate surface area is 147 Å². The topological polar surface area (TPSA) is 76.7 Å². The molecule has 2 aromatic rings. The number of carbonyl (C=O) groups excluding carboxylic acids is 2. The zero-order valence-electron chi connectivity index (χ0n) is 14.5. The van der Waals surface area contributed by atoms with Crippen molar-refractivity contribution in [3.63, 3.8) is 0 Å². The standard InChI is InChI=1S/C19H22N2O4/c1-4-24-19(23)21-16-6-5-7-17(12-16)25-14(3)18(22)20-15-10-8-13(2)9-11-15/h5-12,14H,4H2,1-3H3,(H,20,22)(H,21,23). The molecule has 1 atom stereocenters. The lowest BCUT2D eigenvalue weighted by Crippen LogP contribution is -2.30. The van der Waals surface area contributed by atoms with Gasteiger partial charge in [0.25, 0.3) is 5.91 Å². The quantitative estimate of drug-likeness (QED) is 0.833. The smallest absolute Gasteiger partial charge is 0.411 e. The van der Waals surface area contributed by atoms with E-state index in [1.165, 1.54) is 0 Å². The van der Waals surface area contributed by atoms with E-state index in [0.29, 0.717) is 17.1 Å². The highest BCUT2D eigenvalue weighted by Crippen LogP contribution is 2.19. The summed E-state index contributed by atoms with van der Waals surface area (Å²) in [6.07, 6.45) is -1.23. The van der Waals surface area contributed by atoms with Crippen LogP contribution in [0.25, 0.3) is 0 Å². The van der Waals surface area contributed by atoms with Gasteiger partial charge in [0.1, 0.15) is 5.75 Å². The summed E-state index contributed by atoms with van der Waals surface area (Å²) in [5.74, 6) is 0.216. The van der Waals surface area contributed by atoms with Gasteiger partial charge >= 0.3 is 6.09 Å². The fraction of sp³-hybridized carbons (Fsp3) is 0.263. The van der Waals surface area contributed by atoms with E-state index in [1.807, 2.05) is 31.2 Å². The molecule has 0 aromatic heterocycles. The van der Waals surface area contributed by atoms with Gasteiger partial charge in [-0.2, -0.15) is 0 Å². The second-order valence-corrected chi connectivity index (χ2v) is 5.49. The van der Waals surface area contributed by atoms with E-state index >= 15 is 0 Å². The average molecular weight is 342 g/mol. The van der Waals surface area contributed by atoms with Crippen LogP contribution in [0, 0.1) is 6.92 Å². The predicted molar refractivity (Wildman–Crippen MR) is 97.0 cm³/mol. The van der Waals surface area contributed by atoms with E-state index in [0.717, 1.165) is 5.56 Å². The first-order valence-electron chi connectivity index (χ1n) is 8.06. The first kappa shape index (κ1) is 18.3. The van der Waals surface area contributed by atoms with Crippen molar-refractivity contribution in [2.24, 2.45) is 0 Å². The van der Waals surface area contributed by atoms with Crippen LogP contribution in [0.1, 0.15) is 19.4 Å². The van der Waals surface area contributed by atoms with E-state index in [1.54, 1.807) is 38.1 Å². The summed E-state index contributed by atoms with van der Waals surface area (Å²) in [7, 11) is 0. The molecule has 0 aliphatic rings. The molecule has 132 valence electrons. The molecule has 2 N–H and O–H groups in total. The van der Waals surface area contributed by atoms with E-state index in [2.05, 4.69) is 10.6 Å². The molecule has 6 nitrogen and oxygen atoms in total. The third kappa shape index (κ3) is 5.84. The van der Waals surface area contributed by atoms with Gasteiger partial charge in [-0.25, -0.2) is 4.79 Å². The molecule has 2 amide bonds. The zero-order valence-corrected chi connectivity index (χ0v) is 14.5. The van der Waals surface area contributed by atoms with Crippen LogP contribution < -0.4 is 15.4 Å². The Kier molecular flexibility index (Phi) is 6.39. The summed E-state index contributed by atoms with van der Waals surface area (Å²) in [6.45, 7) is 5.66. The Bertz CT molecular complexity index is 728. The number of nitrogens with one attached hydrogen (secondary N) is 2. The van der Waals surface area contributed by atoms with E-state index < -0.39 is 12.2 Å². The molecule has 25 heavy (non-hydrogen) atoms. The summed E-state index contributed by atoms with van der Waals surface area (Å²) in [5.41, 5.74) is 2.36. The van der Waals surface area contributed by atoms with Crippen LogP contribution in [0.5, 0.6) is 5.75 Å². The van der Waals surface area contributed by atoms with Crippen LogP contribution in [-0.4, -0.2) is 24.7 Å². The number of aryl methyl sites for hydroxylation is 1. The molecule has 0 aliphatic heterocycles. The van der Waals surface area contributed by atoms with Crippen molar-refractivity contribution in [3.8, 4) is 5.75 Å². The van der Waals surface area contributed by atoms with E-state index in [9.17, 15) is 9.59 Å². The molecular weight excluding hydrogens is 320 g/mol. The number of ether oxygens (including phenoxy) is 2. The minimum Gasteiger partial charge on any atom is -0.481 e. The fourth-order valence-electron chi connectivity index (χ4n) is 2.07. The number of amides is 2. The Morgan fingerprint density at radius 1 is 1.04 bits per heavy atom. The molecule has 0 saturated heterocycles. The Balaban J connectivity index is 1.95. The minimum absolute atomic E-state index is 0.257. The number of benzene rings is 2. The predicted octanol–water partition coefficient (Wildman–Crippen LogP) is 3.97. The minimum atomic E-state index is -0.695. The molecule has 1 unspecified atom stereocenters. The monoisotopic (exact) mass is 342 g/mol. The van der Waals surface area contributed by atoms with Gasteiger partial charge in [-0.3, -0.25) is 10.1 Å². The van der Waals surface area contributed by atoms with Crippen LogP contribution in [0.15, 0.2) is 48.5 Å². The Hall–Kier alpha value is -3.02. The van der Waals surface area contributed by atoms with Crippen molar-refractivity contribution in [2.75, 3.05) is 17.2 Å². The van der Waals surface area contributed by atoms with Gasteiger partial charge in [-0.1, -0.05) is 23.8 Å². The van der Waals surface area contributed by atoms with E-state index in [-0.39, 0.29) is 12.5 Å². The molecular formula is C19H22N2O4. The van der Waals surface area contributed by atoms with E-state index in [4.69, 9.17) is 9.47 Å². The van der Waals surface area contributed by atoms with Crippen molar-refractivity contribution in [1.29, 1.82) is 0 Å². The van der Waals surface area contributed by atoms with Gasteiger partial charge in [-0.05, 0) is 45.0 Å². The maximum absolute atomic E-state index is 12.2. The molecule has 0 bridgehead atoms. The highest BCUT2D eigenvalue weighted by Gasteiger charge is 2.15. The molecule has 2 aromatic carbocycles. The van der Waals surface area contributed by atoms with Crippen LogP contribution in [0.2, 0.25) is 0 Å². The van der Waals surface area contributed by atoms with Crippen LogP contribution >= 0.6 is 0 Å². The zero-order chi connectivity index (χ0) is 18.2. The van der Waals surface area contributed by atoms with Crippen LogP contribution in [0.4, 0.5) is 16.2 Å². The Morgan fingerprint density at radius 3 is 2.44 bits per heavy atom. The third-order valence-electron chi connectivity index (χ3n) is 3.36. The van der Waals surface area contributed by atoms with Crippen molar-refractivity contribution in [3.05, 3.63) is 54.1 Å². The number of hydrogen-bond acceptors (Lipinski definition) is 4. The summed E-state index contributed by atoms with van der Waals surface area (Å²) in [4.78, 5) is 23.7. The SMILES string of the molecule is CCOC(=O)Nc1cccc(OC(C)C(=O)Nc2ccc(C)cc2)c1. The van der Waals surface area contributed by atoms with Gasteiger partial charge < -0.3 is 14.8 Å².